The molecule has 0 unspecified atom stereocenters. The fourth-order valence-electron chi connectivity index (χ4n) is 2.60. The van der Waals surface area contributed by atoms with Gasteiger partial charge in [0, 0.05) is 0 Å². The van der Waals surface area contributed by atoms with Crippen LogP contribution in [0.2, 0.25) is 0 Å². The highest BCUT2D eigenvalue weighted by molar-refractivity contribution is 7.92. The lowest BCUT2D eigenvalue weighted by Gasteiger charge is -2.22. The number of amides is 1. The minimum Gasteiger partial charge on any atom is -0.495 e. The molecule has 2 aromatic rings. The molecule has 0 saturated carbocycles. The molecule has 0 aliphatic rings. The predicted molar refractivity (Wildman–Crippen MR) is 111 cm³/mol. The Morgan fingerprint density at radius 1 is 1.14 bits per heavy atom. The molecule has 0 atom stereocenters. The summed E-state index contributed by atoms with van der Waals surface area (Å²) in [6.45, 7) is 5.33. The van der Waals surface area contributed by atoms with Crippen LogP contribution in [0.25, 0.3) is 0 Å². The summed E-state index contributed by atoms with van der Waals surface area (Å²) in [6.07, 6.45) is 1.07. The first-order valence-corrected chi connectivity index (χ1v) is 10.6. The van der Waals surface area contributed by atoms with Crippen LogP contribution >= 0.6 is 0 Å². The van der Waals surface area contributed by atoms with E-state index in [4.69, 9.17) is 9.47 Å². The molecule has 0 aliphatic heterocycles. The Balaban J connectivity index is 2.21. The summed E-state index contributed by atoms with van der Waals surface area (Å²) < 4.78 is 36.4. The highest BCUT2D eigenvalue weighted by Crippen LogP contribution is 2.26. The normalized spacial score (nSPS) is 11.2. The molecule has 2 rings (SSSR count). The van der Waals surface area contributed by atoms with Crippen molar-refractivity contribution >= 4 is 27.3 Å². The molecule has 1 N–H and O–H groups in total. The van der Waals surface area contributed by atoms with E-state index in [9.17, 15) is 13.2 Å². The van der Waals surface area contributed by atoms with Gasteiger partial charge in [-0.05, 0) is 62.7 Å². The zero-order valence-electron chi connectivity index (χ0n) is 16.7. The van der Waals surface area contributed by atoms with Crippen molar-refractivity contribution in [1.82, 2.24) is 0 Å². The first kappa shape index (κ1) is 21.6. The Labute approximate surface area is 166 Å². The second kappa shape index (κ2) is 8.97. The number of nitrogens with one attached hydrogen (secondary N) is 1. The van der Waals surface area contributed by atoms with E-state index in [1.54, 1.807) is 36.4 Å². The van der Waals surface area contributed by atoms with Gasteiger partial charge in [0.15, 0.2) is 0 Å². The fraction of sp³-hybridized carbons (Fsp3) is 0.350. The van der Waals surface area contributed by atoms with Crippen molar-refractivity contribution < 1.29 is 22.7 Å². The quantitative estimate of drug-likeness (QED) is 0.728. The standard InChI is InChI=1S/C20H26N2O5S/c1-14(2)27-17-9-7-16(8-10-17)22(28(5,24)25)13-20(23)21-18-12-15(3)6-11-19(18)26-4/h6-12,14H,13H2,1-5H3,(H,21,23). The monoisotopic (exact) mass is 406 g/mol. The van der Waals surface area contributed by atoms with Crippen LogP contribution in [0.1, 0.15) is 19.4 Å². The van der Waals surface area contributed by atoms with E-state index in [1.165, 1.54) is 7.11 Å². The molecule has 2 aromatic carbocycles. The lowest BCUT2D eigenvalue weighted by molar-refractivity contribution is -0.114. The number of hydrogen-bond donors (Lipinski definition) is 1. The molecule has 7 nitrogen and oxygen atoms in total. The summed E-state index contributed by atoms with van der Waals surface area (Å²) in [5.41, 5.74) is 1.81. The van der Waals surface area contributed by atoms with Gasteiger partial charge in [0.1, 0.15) is 18.0 Å². The zero-order chi connectivity index (χ0) is 20.9. The Morgan fingerprint density at radius 3 is 2.32 bits per heavy atom. The molecule has 0 radical (unpaired) electrons. The third-order valence-electron chi connectivity index (χ3n) is 3.81. The van der Waals surface area contributed by atoms with Crippen LogP contribution in [0.4, 0.5) is 11.4 Å². The number of carbonyl (C=O) groups is 1. The van der Waals surface area contributed by atoms with Crippen LogP contribution in [0.3, 0.4) is 0 Å². The molecule has 0 heterocycles. The van der Waals surface area contributed by atoms with E-state index in [-0.39, 0.29) is 12.6 Å². The number of rotatable bonds is 8. The Hall–Kier alpha value is -2.74. The topological polar surface area (TPSA) is 84.9 Å². The van der Waals surface area contributed by atoms with Gasteiger partial charge in [0.2, 0.25) is 15.9 Å². The van der Waals surface area contributed by atoms with Crippen molar-refractivity contribution in [2.45, 2.75) is 26.9 Å². The maximum Gasteiger partial charge on any atom is 0.245 e. The van der Waals surface area contributed by atoms with Gasteiger partial charge in [-0.15, -0.1) is 0 Å². The first-order valence-electron chi connectivity index (χ1n) is 8.79. The predicted octanol–water partition coefficient (Wildman–Crippen LogP) is 3.20. The molecule has 0 bridgehead atoms. The summed E-state index contributed by atoms with van der Waals surface area (Å²) >= 11 is 0. The van der Waals surface area contributed by atoms with E-state index in [2.05, 4.69) is 5.32 Å². The number of sulfonamides is 1. The van der Waals surface area contributed by atoms with Crippen molar-refractivity contribution in [1.29, 1.82) is 0 Å². The summed E-state index contributed by atoms with van der Waals surface area (Å²) in [4.78, 5) is 12.5. The van der Waals surface area contributed by atoms with E-state index >= 15 is 0 Å². The molecule has 0 aromatic heterocycles. The smallest absolute Gasteiger partial charge is 0.245 e. The fourth-order valence-corrected chi connectivity index (χ4v) is 3.46. The van der Waals surface area contributed by atoms with Crippen LogP contribution in [-0.4, -0.2) is 40.3 Å². The second-order valence-electron chi connectivity index (χ2n) is 6.68. The number of ether oxygens (including phenoxy) is 2. The average molecular weight is 407 g/mol. The number of aryl methyl sites for hydroxylation is 1. The number of methoxy groups -OCH3 is 1. The molecule has 28 heavy (non-hydrogen) atoms. The van der Waals surface area contributed by atoms with Gasteiger partial charge < -0.3 is 14.8 Å². The summed E-state index contributed by atoms with van der Waals surface area (Å²) in [6, 6.07) is 11.9. The maximum absolute atomic E-state index is 12.5. The summed E-state index contributed by atoms with van der Waals surface area (Å²) in [7, 11) is -2.16. The minimum atomic E-state index is -3.66. The van der Waals surface area contributed by atoms with Crippen LogP contribution in [-0.2, 0) is 14.8 Å². The van der Waals surface area contributed by atoms with Gasteiger partial charge in [0.05, 0.1) is 30.8 Å². The highest BCUT2D eigenvalue weighted by Gasteiger charge is 2.21. The molecule has 0 spiro atoms. The van der Waals surface area contributed by atoms with Crippen LogP contribution < -0.4 is 19.1 Å². The lowest BCUT2D eigenvalue weighted by Crippen LogP contribution is -2.37. The lowest BCUT2D eigenvalue weighted by atomic mass is 10.2. The van der Waals surface area contributed by atoms with Crippen molar-refractivity contribution in [2.75, 3.05) is 29.5 Å². The van der Waals surface area contributed by atoms with Crippen molar-refractivity contribution in [3.63, 3.8) is 0 Å². The van der Waals surface area contributed by atoms with Gasteiger partial charge in [-0.1, -0.05) is 6.07 Å². The van der Waals surface area contributed by atoms with Gasteiger partial charge in [-0.25, -0.2) is 8.42 Å². The summed E-state index contributed by atoms with van der Waals surface area (Å²) in [5.74, 6) is 0.651. The van der Waals surface area contributed by atoms with Gasteiger partial charge in [-0.2, -0.15) is 0 Å². The van der Waals surface area contributed by atoms with Crippen LogP contribution in [0, 0.1) is 6.92 Å². The minimum absolute atomic E-state index is 0.00643. The zero-order valence-corrected chi connectivity index (χ0v) is 17.5. The number of nitrogens with zero attached hydrogens (tertiary/aromatic N) is 1. The Kier molecular flexibility index (Phi) is 6.90. The Morgan fingerprint density at radius 2 is 1.79 bits per heavy atom. The van der Waals surface area contributed by atoms with Crippen LogP contribution in [0.5, 0.6) is 11.5 Å². The van der Waals surface area contributed by atoms with E-state index in [0.29, 0.717) is 22.9 Å². The molecular formula is C20H26N2O5S. The van der Waals surface area contributed by atoms with Crippen LogP contribution in [0.15, 0.2) is 42.5 Å². The second-order valence-corrected chi connectivity index (χ2v) is 8.59. The molecule has 8 heteroatoms. The third-order valence-corrected chi connectivity index (χ3v) is 4.95. The molecule has 1 amide bonds. The number of anilines is 2. The van der Waals surface area contributed by atoms with Crippen molar-refractivity contribution in [3.8, 4) is 11.5 Å². The van der Waals surface area contributed by atoms with Gasteiger partial charge >= 0.3 is 0 Å². The van der Waals surface area contributed by atoms with E-state index in [0.717, 1.165) is 16.1 Å². The number of hydrogen-bond acceptors (Lipinski definition) is 5. The number of benzene rings is 2. The molecule has 0 fully saturated rings. The molecule has 0 aliphatic carbocycles. The summed E-state index contributed by atoms with van der Waals surface area (Å²) in [5, 5.41) is 2.72. The van der Waals surface area contributed by atoms with Gasteiger partial charge in [0.25, 0.3) is 0 Å². The Bertz CT molecular complexity index is 924. The third kappa shape index (κ3) is 5.88. The van der Waals surface area contributed by atoms with E-state index < -0.39 is 15.9 Å². The molecular weight excluding hydrogens is 380 g/mol. The van der Waals surface area contributed by atoms with Crippen molar-refractivity contribution in [2.24, 2.45) is 0 Å². The average Bonchev–Trinajstić information content (AvgIpc) is 2.59. The number of carbonyl (C=O) groups excluding carboxylic acids is 1. The molecule has 152 valence electrons. The van der Waals surface area contributed by atoms with E-state index in [1.807, 2.05) is 26.8 Å². The molecule has 0 saturated heterocycles. The van der Waals surface area contributed by atoms with Gasteiger partial charge in [-0.3, -0.25) is 9.10 Å². The highest BCUT2D eigenvalue weighted by atomic mass is 32.2. The SMILES string of the molecule is COc1ccc(C)cc1NC(=O)CN(c1ccc(OC(C)C)cc1)S(C)(=O)=O. The maximum atomic E-state index is 12.5. The van der Waals surface area contributed by atoms with Crippen molar-refractivity contribution in [3.05, 3.63) is 48.0 Å². The first-order chi connectivity index (χ1) is 13.1. The largest absolute Gasteiger partial charge is 0.495 e.